The highest BCUT2D eigenvalue weighted by atomic mass is 16.5. The normalized spacial score (nSPS) is 55.1. The first-order chi connectivity index (χ1) is 11.9. The van der Waals surface area contributed by atoms with Gasteiger partial charge in [-0.15, -0.1) is 0 Å². The molecule has 0 aromatic rings. The zero-order valence-corrected chi connectivity index (χ0v) is 16.4. The molecule has 7 atom stereocenters. The highest BCUT2D eigenvalue weighted by Gasteiger charge is 2.63. The summed E-state index contributed by atoms with van der Waals surface area (Å²) in [6, 6.07) is 0. The molecule has 5 aliphatic carbocycles. The molecule has 5 rings (SSSR count). The molecular weight excluding hydrogens is 308 g/mol. The lowest BCUT2D eigenvalue weighted by Gasteiger charge is -2.59. The van der Waals surface area contributed by atoms with Gasteiger partial charge in [0.15, 0.2) is 0 Å². The van der Waals surface area contributed by atoms with Crippen molar-refractivity contribution in [3.05, 3.63) is 11.6 Å². The second-order valence-corrected chi connectivity index (χ2v) is 10.7. The van der Waals surface area contributed by atoms with Gasteiger partial charge in [-0.25, -0.2) is 0 Å². The molecule has 0 bridgehead atoms. The standard InChI is InChI=1S/C23H36O2/c1-21-11-8-16(24)14-15(21)4-7-18-19(21)9-12-22(2)20(18)10-13-23(22,3)25-17-5-6-17/h4,16-20,24H,5-14H2,1-3H3/t16-,18+,19-,20-,21-,22-,23-/m0/s1. The minimum Gasteiger partial charge on any atom is -0.393 e. The minimum atomic E-state index is -0.0913. The van der Waals surface area contributed by atoms with E-state index in [1.54, 1.807) is 5.57 Å². The van der Waals surface area contributed by atoms with Crippen molar-refractivity contribution in [2.75, 3.05) is 0 Å². The van der Waals surface area contributed by atoms with Crippen molar-refractivity contribution in [3.63, 3.8) is 0 Å². The van der Waals surface area contributed by atoms with Crippen LogP contribution >= 0.6 is 0 Å². The Morgan fingerprint density at radius 2 is 1.72 bits per heavy atom. The topological polar surface area (TPSA) is 29.5 Å². The maximum Gasteiger partial charge on any atom is 0.0714 e. The number of fused-ring (bicyclic) bond motifs is 5. The van der Waals surface area contributed by atoms with E-state index in [4.69, 9.17) is 4.74 Å². The van der Waals surface area contributed by atoms with E-state index >= 15 is 0 Å². The van der Waals surface area contributed by atoms with Gasteiger partial charge in [0.1, 0.15) is 0 Å². The largest absolute Gasteiger partial charge is 0.393 e. The number of hydrogen-bond acceptors (Lipinski definition) is 2. The molecule has 0 aliphatic heterocycles. The third-order valence-electron chi connectivity index (χ3n) is 9.56. The van der Waals surface area contributed by atoms with Crippen molar-refractivity contribution < 1.29 is 9.84 Å². The summed E-state index contributed by atoms with van der Waals surface area (Å²) in [5.41, 5.74) is 2.43. The summed E-state index contributed by atoms with van der Waals surface area (Å²) >= 11 is 0. The van der Waals surface area contributed by atoms with Gasteiger partial charge in [-0.2, -0.15) is 0 Å². The van der Waals surface area contributed by atoms with Crippen molar-refractivity contribution in [2.24, 2.45) is 28.6 Å². The van der Waals surface area contributed by atoms with Crippen LogP contribution in [0.5, 0.6) is 0 Å². The van der Waals surface area contributed by atoms with E-state index in [0.717, 1.165) is 30.6 Å². The average molecular weight is 345 g/mol. The Bertz CT molecular complexity index is 593. The molecule has 0 aromatic carbocycles. The van der Waals surface area contributed by atoms with E-state index in [-0.39, 0.29) is 11.7 Å². The first-order valence-corrected chi connectivity index (χ1v) is 10.9. The summed E-state index contributed by atoms with van der Waals surface area (Å²) in [6.07, 6.45) is 15.3. The Hall–Kier alpha value is -0.340. The first kappa shape index (κ1) is 16.8. The Labute approximate surface area is 153 Å². The number of allylic oxidation sites excluding steroid dienone is 1. The Morgan fingerprint density at radius 3 is 2.48 bits per heavy atom. The van der Waals surface area contributed by atoms with E-state index in [0.29, 0.717) is 16.9 Å². The molecule has 140 valence electrons. The Morgan fingerprint density at radius 1 is 0.960 bits per heavy atom. The van der Waals surface area contributed by atoms with Crippen LogP contribution in [0.3, 0.4) is 0 Å². The quantitative estimate of drug-likeness (QED) is 0.693. The van der Waals surface area contributed by atoms with Gasteiger partial charge in [0, 0.05) is 0 Å². The van der Waals surface area contributed by atoms with Gasteiger partial charge in [-0.05, 0) is 99.7 Å². The van der Waals surface area contributed by atoms with Gasteiger partial charge >= 0.3 is 0 Å². The van der Waals surface area contributed by atoms with E-state index in [9.17, 15) is 5.11 Å². The summed E-state index contributed by atoms with van der Waals surface area (Å²) in [5.74, 6) is 2.50. The van der Waals surface area contributed by atoms with Crippen LogP contribution < -0.4 is 0 Å². The molecule has 0 aromatic heterocycles. The van der Waals surface area contributed by atoms with Gasteiger partial charge < -0.3 is 9.84 Å². The van der Waals surface area contributed by atoms with Gasteiger partial charge in [0.25, 0.3) is 0 Å². The van der Waals surface area contributed by atoms with Crippen LogP contribution in [0.2, 0.25) is 0 Å². The summed E-state index contributed by atoms with van der Waals surface area (Å²) < 4.78 is 6.66. The lowest BCUT2D eigenvalue weighted by molar-refractivity contribution is -0.153. The zero-order valence-electron chi connectivity index (χ0n) is 16.4. The van der Waals surface area contributed by atoms with Crippen LogP contribution in [0.4, 0.5) is 0 Å². The van der Waals surface area contributed by atoms with Crippen LogP contribution in [0, 0.1) is 28.6 Å². The summed E-state index contributed by atoms with van der Waals surface area (Å²) in [7, 11) is 0. The molecule has 2 heteroatoms. The van der Waals surface area contributed by atoms with Crippen molar-refractivity contribution in [1.29, 1.82) is 0 Å². The van der Waals surface area contributed by atoms with E-state index < -0.39 is 0 Å². The van der Waals surface area contributed by atoms with Crippen molar-refractivity contribution in [2.45, 2.75) is 103 Å². The van der Waals surface area contributed by atoms with E-state index in [1.807, 2.05) is 0 Å². The van der Waals surface area contributed by atoms with Gasteiger partial charge in [0.05, 0.1) is 17.8 Å². The number of ether oxygens (including phenoxy) is 1. The van der Waals surface area contributed by atoms with Gasteiger partial charge in [0.2, 0.25) is 0 Å². The molecule has 0 unspecified atom stereocenters. The van der Waals surface area contributed by atoms with Crippen LogP contribution in [-0.2, 0) is 4.74 Å². The lowest BCUT2D eigenvalue weighted by atomic mass is 9.47. The Balaban J connectivity index is 1.45. The fraction of sp³-hybridized carbons (Fsp3) is 0.913. The highest BCUT2D eigenvalue weighted by Crippen LogP contribution is 2.68. The lowest BCUT2D eigenvalue weighted by Crippen LogP contribution is -2.54. The first-order valence-electron chi connectivity index (χ1n) is 10.9. The number of rotatable bonds is 2. The molecule has 4 fully saturated rings. The maximum atomic E-state index is 10.2. The zero-order chi connectivity index (χ0) is 17.4. The fourth-order valence-corrected chi connectivity index (χ4v) is 7.61. The van der Waals surface area contributed by atoms with Crippen molar-refractivity contribution in [1.82, 2.24) is 0 Å². The predicted molar refractivity (Wildman–Crippen MR) is 100 cm³/mol. The minimum absolute atomic E-state index is 0.0913. The van der Waals surface area contributed by atoms with Gasteiger partial charge in [-0.1, -0.05) is 25.5 Å². The van der Waals surface area contributed by atoms with E-state index in [1.165, 1.54) is 51.4 Å². The number of aliphatic hydroxyl groups is 1. The van der Waals surface area contributed by atoms with Crippen LogP contribution in [-0.4, -0.2) is 22.9 Å². The second-order valence-electron chi connectivity index (χ2n) is 10.7. The maximum absolute atomic E-state index is 10.2. The number of hydrogen-bond donors (Lipinski definition) is 1. The second kappa shape index (κ2) is 5.35. The molecule has 1 N–H and O–H groups in total. The SMILES string of the molecule is C[C@]12CC[C@H](O)CC1=CC[C@@H]1[C@@H]2CC[C@@]2(C)[C@H]1CC[C@]2(C)OC1CC1. The molecule has 25 heavy (non-hydrogen) atoms. The molecule has 0 spiro atoms. The van der Waals surface area contributed by atoms with Crippen LogP contribution in [0.25, 0.3) is 0 Å². The molecule has 0 radical (unpaired) electrons. The predicted octanol–water partition coefficient (Wildman–Crippen LogP) is 5.25. The average Bonchev–Trinajstić information content (AvgIpc) is 3.33. The molecular formula is C23H36O2. The van der Waals surface area contributed by atoms with Crippen molar-refractivity contribution in [3.8, 4) is 0 Å². The van der Waals surface area contributed by atoms with Crippen LogP contribution in [0.15, 0.2) is 11.6 Å². The fourth-order valence-electron chi connectivity index (χ4n) is 7.61. The Kier molecular flexibility index (Phi) is 3.60. The smallest absolute Gasteiger partial charge is 0.0714 e. The van der Waals surface area contributed by atoms with Crippen LogP contribution in [0.1, 0.15) is 85.0 Å². The third kappa shape index (κ3) is 2.29. The molecule has 0 heterocycles. The number of aliphatic hydroxyl groups excluding tert-OH is 1. The summed E-state index contributed by atoms with van der Waals surface area (Å²) in [6.45, 7) is 7.53. The molecule has 4 saturated carbocycles. The van der Waals surface area contributed by atoms with Gasteiger partial charge in [-0.3, -0.25) is 0 Å². The molecule has 5 aliphatic rings. The third-order valence-corrected chi connectivity index (χ3v) is 9.56. The highest BCUT2D eigenvalue weighted by molar-refractivity contribution is 5.26. The monoisotopic (exact) mass is 344 g/mol. The molecule has 0 amide bonds. The molecule has 2 nitrogen and oxygen atoms in total. The summed E-state index contributed by atoms with van der Waals surface area (Å²) in [4.78, 5) is 0. The molecule has 0 saturated heterocycles. The summed E-state index contributed by atoms with van der Waals surface area (Å²) in [5, 5.41) is 10.2. The van der Waals surface area contributed by atoms with E-state index in [2.05, 4.69) is 26.8 Å². The van der Waals surface area contributed by atoms with Crippen molar-refractivity contribution >= 4 is 0 Å².